The fourth-order valence-electron chi connectivity index (χ4n) is 8.01. The average molecular weight is 1000 g/mol. The molecule has 0 amide bonds. The molecule has 0 radical (unpaired) electrons. The van der Waals surface area contributed by atoms with Gasteiger partial charge < -0.3 is 14.2 Å². The van der Waals surface area contributed by atoms with Crippen LogP contribution in [0.3, 0.4) is 0 Å². The van der Waals surface area contributed by atoms with Crippen molar-refractivity contribution in [1.82, 2.24) is 0 Å². The number of rotatable bonds is 53. The summed E-state index contributed by atoms with van der Waals surface area (Å²) in [6, 6.07) is 0. The van der Waals surface area contributed by atoms with Gasteiger partial charge in [-0.3, -0.25) is 14.4 Å². The van der Waals surface area contributed by atoms with Gasteiger partial charge in [-0.05, 0) is 122 Å². The standard InChI is InChI=1S/C66H110O6/c1-4-7-10-13-16-19-22-25-27-29-30-31-32-33-34-35-36-38-39-41-44-47-50-53-56-59-65(68)71-62-63(61-70-64(67)58-55-52-49-46-43-24-21-18-15-12-9-6-3)72-66(69)60-57-54-51-48-45-42-40-37-28-26-23-20-17-14-11-8-5-2/h8,11,17-18,20-22,25-26,28-30,32-33,40,42,48,51,63H,4-7,9-10,12-16,19,23-24,27,31,34-39,41,43-47,49-50,52-62H2,1-3H3/b11-8-,20-17-,21-18-,25-22-,28-26-,30-29-,33-32-,42-40-,51-48-. The number of unbranched alkanes of at least 4 members (excludes halogenated alkanes) is 24. The van der Waals surface area contributed by atoms with E-state index in [0.29, 0.717) is 19.3 Å². The molecule has 0 rings (SSSR count). The average Bonchev–Trinajstić information content (AvgIpc) is 3.38. The quantitative estimate of drug-likeness (QED) is 0.0261. The molecule has 410 valence electrons. The lowest BCUT2D eigenvalue weighted by Crippen LogP contribution is -2.30. The molecule has 0 saturated carbocycles. The number of allylic oxidation sites excluding steroid dienone is 18. The number of ether oxygens (including phenoxy) is 3. The van der Waals surface area contributed by atoms with E-state index < -0.39 is 6.10 Å². The Balaban J connectivity index is 4.39. The van der Waals surface area contributed by atoms with E-state index in [2.05, 4.69) is 130 Å². The lowest BCUT2D eigenvalue weighted by atomic mass is 10.1. The number of hydrogen-bond acceptors (Lipinski definition) is 6. The van der Waals surface area contributed by atoms with Gasteiger partial charge in [-0.25, -0.2) is 0 Å². The SMILES string of the molecule is CC/C=C\C/C=C\C/C=C\C/C=C\C/C=C\CCCC(=O)OC(COC(=O)CCCCCCC/C=C\CCCCC)COC(=O)CCCCCCCCCCCC/C=C\C/C=C\C/C=C\CCCCCCC. The van der Waals surface area contributed by atoms with Crippen molar-refractivity contribution in [3.05, 3.63) is 109 Å². The molecule has 0 heterocycles. The Bertz CT molecular complexity index is 1470. The zero-order chi connectivity index (χ0) is 52.2. The van der Waals surface area contributed by atoms with E-state index in [4.69, 9.17) is 14.2 Å². The third kappa shape index (κ3) is 57.0. The van der Waals surface area contributed by atoms with E-state index >= 15 is 0 Å². The minimum atomic E-state index is -0.815. The predicted octanol–water partition coefficient (Wildman–Crippen LogP) is 20.3. The Kier molecular flexibility index (Phi) is 56.4. The molecule has 0 aromatic heterocycles. The van der Waals surface area contributed by atoms with Crippen LogP contribution in [0.1, 0.15) is 271 Å². The summed E-state index contributed by atoms with van der Waals surface area (Å²) in [7, 11) is 0. The van der Waals surface area contributed by atoms with E-state index in [9.17, 15) is 14.4 Å². The molecule has 72 heavy (non-hydrogen) atoms. The molecule has 0 aliphatic carbocycles. The highest BCUT2D eigenvalue weighted by Crippen LogP contribution is 2.14. The van der Waals surface area contributed by atoms with Gasteiger partial charge in [0.1, 0.15) is 13.2 Å². The second kappa shape index (κ2) is 59.6. The fourth-order valence-corrected chi connectivity index (χ4v) is 8.01. The molecule has 6 nitrogen and oxygen atoms in total. The summed E-state index contributed by atoms with van der Waals surface area (Å²) in [6.07, 6.45) is 80.9. The number of carbonyl (C=O) groups is 3. The normalized spacial score (nSPS) is 12.9. The van der Waals surface area contributed by atoms with Gasteiger partial charge in [-0.15, -0.1) is 0 Å². The van der Waals surface area contributed by atoms with Crippen LogP contribution in [0.4, 0.5) is 0 Å². The maximum Gasteiger partial charge on any atom is 0.306 e. The highest BCUT2D eigenvalue weighted by molar-refractivity contribution is 5.71. The molecular weight excluding hydrogens is 889 g/mol. The Labute approximate surface area is 444 Å². The Hall–Kier alpha value is -3.93. The van der Waals surface area contributed by atoms with Crippen LogP contribution in [-0.4, -0.2) is 37.2 Å². The highest BCUT2D eigenvalue weighted by atomic mass is 16.6. The van der Waals surface area contributed by atoms with Crippen molar-refractivity contribution in [2.75, 3.05) is 13.2 Å². The molecule has 0 saturated heterocycles. The monoisotopic (exact) mass is 999 g/mol. The summed E-state index contributed by atoms with van der Waals surface area (Å²) in [4.78, 5) is 38.1. The topological polar surface area (TPSA) is 78.9 Å². The predicted molar refractivity (Wildman–Crippen MR) is 311 cm³/mol. The van der Waals surface area contributed by atoms with Crippen LogP contribution in [0, 0.1) is 0 Å². The van der Waals surface area contributed by atoms with Crippen LogP contribution in [0.15, 0.2) is 109 Å². The molecule has 1 unspecified atom stereocenters. The van der Waals surface area contributed by atoms with Crippen molar-refractivity contribution in [3.63, 3.8) is 0 Å². The van der Waals surface area contributed by atoms with Crippen molar-refractivity contribution in [2.24, 2.45) is 0 Å². The lowest BCUT2D eigenvalue weighted by Gasteiger charge is -2.18. The minimum absolute atomic E-state index is 0.106. The molecule has 0 aliphatic heterocycles. The van der Waals surface area contributed by atoms with E-state index in [-0.39, 0.29) is 37.5 Å². The van der Waals surface area contributed by atoms with Crippen molar-refractivity contribution >= 4 is 17.9 Å². The van der Waals surface area contributed by atoms with Gasteiger partial charge in [0.05, 0.1) is 0 Å². The molecule has 0 N–H and O–H groups in total. The van der Waals surface area contributed by atoms with Crippen LogP contribution in [0.5, 0.6) is 0 Å². The van der Waals surface area contributed by atoms with Gasteiger partial charge in [0.15, 0.2) is 6.10 Å². The summed E-state index contributed by atoms with van der Waals surface area (Å²) < 4.78 is 16.8. The van der Waals surface area contributed by atoms with Gasteiger partial charge >= 0.3 is 17.9 Å². The minimum Gasteiger partial charge on any atom is -0.462 e. The van der Waals surface area contributed by atoms with Crippen molar-refractivity contribution in [2.45, 2.75) is 277 Å². The van der Waals surface area contributed by atoms with Gasteiger partial charge in [0.2, 0.25) is 0 Å². The Morgan fingerprint density at radius 1 is 0.292 bits per heavy atom. The highest BCUT2D eigenvalue weighted by Gasteiger charge is 2.19. The zero-order valence-corrected chi connectivity index (χ0v) is 46.9. The molecule has 0 bridgehead atoms. The van der Waals surface area contributed by atoms with E-state index in [1.807, 2.05) is 0 Å². The van der Waals surface area contributed by atoms with Crippen LogP contribution < -0.4 is 0 Å². The van der Waals surface area contributed by atoms with E-state index in [1.54, 1.807) is 0 Å². The van der Waals surface area contributed by atoms with Gasteiger partial charge in [0.25, 0.3) is 0 Å². The van der Waals surface area contributed by atoms with Crippen molar-refractivity contribution < 1.29 is 28.6 Å². The molecule has 0 aromatic carbocycles. The molecule has 1 atom stereocenters. The Morgan fingerprint density at radius 3 is 0.931 bits per heavy atom. The maximum absolute atomic E-state index is 12.8. The van der Waals surface area contributed by atoms with Crippen LogP contribution in [-0.2, 0) is 28.6 Å². The molecule has 6 heteroatoms. The van der Waals surface area contributed by atoms with Crippen LogP contribution >= 0.6 is 0 Å². The summed E-state index contributed by atoms with van der Waals surface area (Å²) in [5.74, 6) is -0.977. The van der Waals surface area contributed by atoms with Crippen molar-refractivity contribution in [3.8, 4) is 0 Å². The lowest BCUT2D eigenvalue weighted by molar-refractivity contribution is -0.167. The first-order valence-corrected chi connectivity index (χ1v) is 29.9. The maximum atomic E-state index is 12.8. The van der Waals surface area contributed by atoms with Gasteiger partial charge in [-0.2, -0.15) is 0 Å². The molecule has 0 fully saturated rings. The first kappa shape index (κ1) is 68.1. The molecule has 0 aliphatic rings. The van der Waals surface area contributed by atoms with E-state index in [1.165, 1.54) is 122 Å². The van der Waals surface area contributed by atoms with Crippen LogP contribution in [0.25, 0.3) is 0 Å². The fraction of sp³-hybridized carbons (Fsp3) is 0.682. The number of carbonyl (C=O) groups excluding carboxylic acids is 3. The Morgan fingerprint density at radius 2 is 0.556 bits per heavy atom. The summed E-state index contributed by atoms with van der Waals surface area (Å²) >= 11 is 0. The third-order valence-corrected chi connectivity index (χ3v) is 12.5. The first-order chi connectivity index (χ1) is 35.5. The summed E-state index contributed by atoms with van der Waals surface area (Å²) in [5.41, 5.74) is 0. The zero-order valence-electron chi connectivity index (χ0n) is 46.9. The number of hydrogen-bond donors (Lipinski definition) is 0. The van der Waals surface area contributed by atoms with Gasteiger partial charge in [0, 0.05) is 19.3 Å². The molecular formula is C66H110O6. The smallest absolute Gasteiger partial charge is 0.306 e. The second-order valence-corrected chi connectivity index (χ2v) is 19.5. The number of esters is 3. The molecule has 0 aromatic rings. The van der Waals surface area contributed by atoms with Crippen LogP contribution in [0.2, 0.25) is 0 Å². The summed E-state index contributed by atoms with van der Waals surface area (Å²) in [6.45, 7) is 6.44. The molecule has 0 spiro atoms. The second-order valence-electron chi connectivity index (χ2n) is 19.5. The first-order valence-electron chi connectivity index (χ1n) is 29.9. The van der Waals surface area contributed by atoms with Gasteiger partial charge in [-0.1, -0.05) is 239 Å². The largest absolute Gasteiger partial charge is 0.462 e. The summed E-state index contributed by atoms with van der Waals surface area (Å²) in [5, 5.41) is 0. The van der Waals surface area contributed by atoms with E-state index in [0.717, 1.165) is 103 Å². The third-order valence-electron chi connectivity index (χ3n) is 12.5. The van der Waals surface area contributed by atoms with Crippen molar-refractivity contribution in [1.29, 1.82) is 0 Å².